The van der Waals surface area contributed by atoms with Gasteiger partial charge in [-0.25, -0.2) is 0 Å². The van der Waals surface area contributed by atoms with Gasteiger partial charge in [-0.1, -0.05) is 36.4 Å². The average molecular weight is 407 g/mol. The van der Waals surface area contributed by atoms with Crippen LogP contribution in [0.2, 0.25) is 0 Å². The molecule has 1 aliphatic heterocycles. The van der Waals surface area contributed by atoms with Crippen LogP contribution in [0.4, 0.5) is 5.69 Å². The molecule has 2 heterocycles. The lowest BCUT2D eigenvalue weighted by Crippen LogP contribution is -3.00. The first-order chi connectivity index (χ1) is 12.3. The van der Waals surface area contributed by atoms with Crippen LogP contribution in [0.25, 0.3) is 23.1 Å². The summed E-state index contributed by atoms with van der Waals surface area (Å²) >= 11 is 0. The Morgan fingerprint density at radius 3 is 2.46 bits per heavy atom. The second-order valence-corrected chi connectivity index (χ2v) is 6.27. The highest BCUT2D eigenvalue weighted by atomic mass is 79.9. The number of benzene rings is 2. The van der Waals surface area contributed by atoms with E-state index in [0.717, 1.165) is 13.1 Å². The van der Waals surface area contributed by atoms with Crippen molar-refractivity contribution in [2.24, 2.45) is 0 Å². The average Bonchev–Trinajstić information content (AvgIpc) is 2.67. The second-order valence-electron chi connectivity index (χ2n) is 6.27. The maximum Gasteiger partial charge on any atom is 0.212 e. The molecule has 3 heteroatoms. The van der Waals surface area contributed by atoms with E-state index in [1.807, 2.05) is 0 Å². The van der Waals surface area contributed by atoms with Gasteiger partial charge in [0.15, 0.2) is 0 Å². The van der Waals surface area contributed by atoms with Gasteiger partial charge in [-0.3, -0.25) is 0 Å². The molecule has 1 aromatic heterocycles. The topological polar surface area (TPSA) is 7.12 Å². The summed E-state index contributed by atoms with van der Waals surface area (Å²) < 4.78 is 2.38. The molecule has 0 amide bonds. The van der Waals surface area contributed by atoms with Crippen LogP contribution in [0.15, 0.2) is 72.4 Å². The van der Waals surface area contributed by atoms with Crippen LogP contribution in [-0.4, -0.2) is 6.54 Å². The molecule has 2 nitrogen and oxygen atoms in total. The predicted molar refractivity (Wildman–Crippen MR) is 106 cm³/mol. The molecular formula is C23H23BrN2. The van der Waals surface area contributed by atoms with Crippen molar-refractivity contribution in [2.45, 2.75) is 20.4 Å². The van der Waals surface area contributed by atoms with E-state index in [0.29, 0.717) is 0 Å². The van der Waals surface area contributed by atoms with E-state index in [1.165, 1.54) is 33.5 Å². The molecule has 0 radical (unpaired) electrons. The molecule has 26 heavy (non-hydrogen) atoms. The van der Waals surface area contributed by atoms with Crippen molar-refractivity contribution in [3.8, 4) is 0 Å². The first kappa shape index (κ1) is 18.4. The summed E-state index contributed by atoms with van der Waals surface area (Å²) in [5.74, 6) is 0. The van der Waals surface area contributed by atoms with Crippen LogP contribution in [0.1, 0.15) is 25.1 Å². The molecule has 0 unspecified atom stereocenters. The van der Waals surface area contributed by atoms with Crippen molar-refractivity contribution in [3.05, 3.63) is 83.7 Å². The van der Waals surface area contributed by atoms with Gasteiger partial charge in [0.05, 0.1) is 0 Å². The summed E-state index contributed by atoms with van der Waals surface area (Å²) in [4.78, 5) is 2.38. The highest BCUT2D eigenvalue weighted by Crippen LogP contribution is 2.31. The van der Waals surface area contributed by atoms with Gasteiger partial charge in [0.1, 0.15) is 6.54 Å². The van der Waals surface area contributed by atoms with Gasteiger partial charge in [-0.05, 0) is 43.7 Å². The van der Waals surface area contributed by atoms with Crippen molar-refractivity contribution >= 4 is 28.7 Å². The summed E-state index contributed by atoms with van der Waals surface area (Å²) in [7, 11) is 0. The normalized spacial score (nSPS) is 14.4. The smallest absolute Gasteiger partial charge is 0.212 e. The van der Waals surface area contributed by atoms with Crippen LogP contribution in [0.5, 0.6) is 0 Å². The number of para-hydroxylation sites is 2. The summed E-state index contributed by atoms with van der Waals surface area (Å²) in [6.45, 7) is 6.32. The zero-order chi connectivity index (χ0) is 17.2. The van der Waals surface area contributed by atoms with Crippen LogP contribution >= 0.6 is 0 Å². The summed E-state index contributed by atoms with van der Waals surface area (Å²) in [5, 5.41) is 1.28. The lowest BCUT2D eigenvalue weighted by atomic mass is 10.0. The van der Waals surface area contributed by atoms with E-state index in [2.05, 4.69) is 102 Å². The molecule has 132 valence electrons. The molecular weight excluding hydrogens is 384 g/mol. The van der Waals surface area contributed by atoms with Gasteiger partial charge in [0.2, 0.25) is 11.2 Å². The Morgan fingerprint density at radius 1 is 0.885 bits per heavy atom. The van der Waals surface area contributed by atoms with Crippen LogP contribution in [0.3, 0.4) is 0 Å². The fraction of sp³-hybridized carbons (Fsp3) is 0.174. The largest absolute Gasteiger partial charge is 1.00 e. The van der Waals surface area contributed by atoms with Crippen LogP contribution in [-0.2, 0) is 6.54 Å². The zero-order valence-electron chi connectivity index (χ0n) is 15.2. The zero-order valence-corrected chi connectivity index (χ0v) is 16.8. The molecule has 0 saturated carbocycles. The van der Waals surface area contributed by atoms with Gasteiger partial charge in [0.25, 0.3) is 0 Å². The number of likely N-dealkylation sites (N-methyl/N-ethyl adjacent to an activating group) is 1. The monoisotopic (exact) mass is 406 g/mol. The predicted octanol–water partition coefficient (Wildman–Crippen LogP) is 2.05. The molecule has 3 aromatic rings. The summed E-state index contributed by atoms with van der Waals surface area (Å²) in [6.07, 6.45) is 6.73. The van der Waals surface area contributed by atoms with Crippen LogP contribution in [0, 0.1) is 0 Å². The third-order valence-electron chi connectivity index (χ3n) is 4.87. The first-order valence-corrected chi connectivity index (χ1v) is 8.99. The molecule has 0 saturated heterocycles. The van der Waals surface area contributed by atoms with Crippen molar-refractivity contribution < 1.29 is 21.5 Å². The van der Waals surface area contributed by atoms with E-state index >= 15 is 0 Å². The van der Waals surface area contributed by atoms with Gasteiger partial charge in [-0.2, -0.15) is 4.57 Å². The summed E-state index contributed by atoms with van der Waals surface area (Å²) in [5.41, 5.74) is 6.31. The summed E-state index contributed by atoms with van der Waals surface area (Å²) in [6, 6.07) is 21.6. The molecule has 4 rings (SSSR count). The number of fused-ring (bicyclic) bond motifs is 2. The third kappa shape index (κ3) is 3.19. The minimum absolute atomic E-state index is 0. The molecule has 2 aromatic carbocycles. The van der Waals surface area contributed by atoms with E-state index in [9.17, 15) is 0 Å². The number of nitrogens with zero attached hydrogens (tertiary/aromatic N) is 2. The fourth-order valence-corrected chi connectivity index (χ4v) is 3.67. The molecule has 0 spiro atoms. The lowest BCUT2D eigenvalue weighted by Gasteiger charge is -2.29. The highest BCUT2D eigenvalue weighted by Gasteiger charge is 2.18. The molecule has 0 bridgehead atoms. The SMILES string of the molecule is CCN1C(=Cc2ccc3ccccc3[n+]2CC)C=Cc2ccccc21.[Br-]. The van der Waals surface area contributed by atoms with Crippen molar-refractivity contribution in [2.75, 3.05) is 11.4 Å². The Labute approximate surface area is 165 Å². The van der Waals surface area contributed by atoms with Crippen molar-refractivity contribution in [1.29, 1.82) is 0 Å². The number of allylic oxidation sites excluding steroid dienone is 1. The number of hydrogen-bond donors (Lipinski definition) is 0. The van der Waals surface area contributed by atoms with Crippen molar-refractivity contribution in [1.82, 2.24) is 0 Å². The number of aromatic nitrogens is 1. The number of rotatable bonds is 3. The molecule has 0 fully saturated rings. The Bertz CT molecular complexity index is 988. The molecule has 0 aliphatic carbocycles. The Balaban J connectivity index is 0.00000196. The van der Waals surface area contributed by atoms with Gasteiger partial charge in [0, 0.05) is 41.5 Å². The minimum Gasteiger partial charge on any atom is -1.00 e. The van der Waals surface area contributed by atoms with Gasteiger partial charge < -0.3 is 21.9 Å². The number of anilines is 1. The standard InChI is InChI=1S/C23H23N2.BrH/c1-3-24-20(15-13-18-9-5-7-11-22(18)24)17-21-16-14-19-10-6-8-12-23(19)25(21)4-2;/h5-17H,3-4H2,1-2H3;1H/q+1;/p-1. The molecule has 1 aliphatic rings. The van der Waals surface area contributed by atoms with E-state index < -0.39 is 0 Å². The lowest BCUT2D eigenvalue weighted by molar-refractivity contribution is -0.669. The maximum absolute atomic E-state index is 2.38. The maximum atomic E-state index is 2.38. The van der Waals surface area contributed by atoms with Crippen molar-refractivity contribution in [3.63, 3.8) is 0 Å². The quantitative estimate of drug-likeness (QED) is 0.603. The number of aryl methyl sites for hydroxylation is 1. The first-order valence-electron chi connectivity index (χ1n) is 8.99. The highest BCUT2D eigenvalue weighted by molar-refractivity contribution is 5.80. The number of hydrogen-bond acceptors (Lipinski definition) is 1. The minimum atomic E-state index is 0. The van der Waals surface area contributed by atoms with E-state index in [4.69, 9.17) is 0 Å². The second kappa shape index (κ2) is 7.88. The molecule has 0 atom stereocenters. The molecule has 0 N–H and O–H groups in total. The number of pyridine rings is 1. The number of halogens is 1. The van der Waals surface area contributed by atoms with Gasteiger partial charge >= 0.3 is 0 Å². The third-order valence-corrected chi connectivity index (χ3v) is 4.87. The van der Waals surface area contributed by atoms with Crippen LogP contribution < -0.4 is 26.4 Å². The van der Waals surface area contributed by atoms with E-state index in [-0.39, 0.29) is 17.0 Å². The fourth-order valence-electron chi connectivity index (χ4n) is 3.67. The van der Waals surface area contributed by atoms with Gasteiger partial charge in [-0.15, -0.1) is 0 Å². The van der Waals surface area contributed by atoms with E-state index in [1.54, 1.807) is 0 Å². The Hall–Kier alpha value is -2.39. The Kier molecular flexibility index (Phi) is 5.58. The Morgan fingerprint density at radius 2 is 1.65 bits per heavy atom.